The van der Waals surface area contributed by atoms with Gasteiger partial charge in [0.15, 0.2) is 0 Å². The Bertz CT molecular complexity index is 816. The molecule has 1 fully saturated rings. The molecular formula is C15H15ClN2O3S2. The zero-order valence-electron chi connectivity index (χ0n) is 12.2. The molecule has 0 atom stereocenters. The van der Waals surface area contributed by atoms with Crippen LogP contribution >= 0.6 is 22.9 Å². The van der Waals surface area contributed by atoms with Crippen molar-refractivity contribution in [3.05, 3.63) is 46.3 Å². The van der Waals surface area contributed by atoms with Crippen LogP contribution in [0.15, 0.2) is 40.6 Å². The lowest BCUT2D eigenvalue weighted by molar-refractivity contribution is -0.117. The standard InChI is InChI=1S/C15H15ClN2O3S2/c16-13-7-8-15(22-13)23(20,21)17-10-11-3-5-12(6-4-11)18-9-1-2-14(18)19/h3-8,17H,1-2,9-10H2. The maximum absolute atomic E-state index is 12.1. The number of halogens is 1. The second-order valence-electron chi connectivity index (χ2n) is 5.20. The number of thiophene rings is 1. The molecule has 122 valence electrons. The highest BCUT2D eigenvalue weighted by molar-refractivity contribution is 7.91. The van der Waals surface area contributed by atoms with Crippen LogP contribution < -0.4 is 9.62 Å². The maximum atomic E-state index is 12.1. The number of carbonyl (C=O) groups is 1. The average Bonchev–Trinajstić information content (AvgIpc) is 3.15. The Morgan fingerprint density at radius 2 is 1.91 bits per heavy atom. The molecule has 5 nitrogen and oxygen atoms in total. The number of sulfonamides is 1. The van der Waals surface area contributed by atoms with Crippen molar-refractivity contribution in [3.8, 4) is 0 Å². The molecule has 1 amide bonds. The van der Waals surface area contributed by atoms with Crippen molar-refractivity contribution >= 4 is 44.6 Å². The Morgan fingerprint density at radius 3 is 2.48 bits per heavy atom. The van der Waals surface area contributed by atoms with Crippen LogP contribution in [0.25, 0.3) is 0 Å². The van der Waals surface area contributed by atoms with Crippen LogP contribution in [0.1, 0.15) is 18.4 Å². The molecule has 0 unspecified atom stereocenters. The molecule has 2 aromatic rings. The third-order valence-electron chi connectivity index (χ3n) is 3.60. The minimum atomic E-state index is -3.55. The van der Waals surface area contributed by atoms with E-state index in [2.05, 4.69) is 4.72 Å². The van der Waals surface area contributed by atoms with Crippen molar-refractivity contribution in [2.24, 2.45) is 0 Å². The van der Waals surface area contributed by atoms with Crippen LogP contribution in [0.4, 0.5) is 5.69 Å². The van der Waals surface area contributed by atoms with Crippen molar-refractivity contribution in [2.75, 3.05) is 11.4 Å². The van der Waals surface area contributed by atoms with Gasteiger partial charge in [0.1, 0.15) is 4.21 Å². The van der Waals surface area contributed by atoms with Crippen LogP contribution in [-0.4, -0.2) is 20.9 Å². The number of benzene rings is 1. The monoisotopic (exact) mass is 370 g/mol. The van der Waals surface area contributed by atoms with Crippen molar-refractivity contribution in [2.45, 2.75) is 23.6 Å². The smallest absolute Gasteiger partial charge is 0.250 e. The number of nitrogens with zero attached hydrogens (tertiary/aromatic N) is 1. The quantitative estimate of drug-likeness (QED) is 0.879. The minimum Gasteiger partial charge on any atom is -0.312 e. The molecular weight excluding hydrogens is 356 g/mol. The van der Waals surface area contributed by atoms with E-state index in [0.717, 1.165) is 35.6 Å². The number of hydrogen-bond acceptors (Lipinski definition) is 4. The van der Waals surface area contributed by atoms with E-state index in [9.17, 15) is 13.2 Å². The Morgan fingerprint density at radius 1 is 1.17 bits per heavy atom. The first-order chi connectivity index (χ1) is 11.0. The second kappa shape index (κ2) is 6.60. The lowest BCUT2D eigenvalue weighted by atomic mass is 10.2. The fraction of sp³-hybridized carbons (Fsp3) is 0.267. The first-order valence-electron chi connectivity index (χ1n) is 7.10. The number of carbonyl (C=O) groups excluding carboxylic acids is 1. The lowest BCUT2D eigenvalue weighted by Crippen LogP contribution is -2.24. The summed E-state index contributed by atoms with van der Waals surface area (Å²) in [7, 11) is -3.55. The third kappa shape index (κ3) is 3.74. The molecule has 0 radical (unpaired) electrons. The van der Waals surface area contributed by atoms with Gasteiger partial charge in [-0.15, -0.1) is 11.3 Å². The van der Waals surface area contributed by atoms with E-state index >= 15 is 0 Å². The Balaban J connectivity index is 1.66. The maximum Gasteiger partial charge on any atom is 0.250 e. The predicted octanol–water partition coefficient (Wildman–Crippen LogP) is 3.01. The Labute approximate surface area is 143 Å². The molecule has 0 aliphatic carbocycles. The van der Waals surface area contributed by atoms with Crippen LogP contribution in [0, 0.1) is 0 Å². The zero-order chi connectivity index (χ0) is 16.4. The van der Waals surface area contributed by atoms with Crippen molar-refractivity contribution in [3.63, 3.8) is 0 Å². The van der Waals surface area contributed by atoms with E-state index in [4.69, 9.17) is 11.6 Å². The predicted molar refractivity (Wildman–Crippen MR) is 91.4 cm³/mol. The summed E-state index contributed by atoms with van der Waals surface area (Å²) in [6, 6.07) is 10.4. The molecule has 1 aliphatic rings. The van der Waals surface area contributed by atoms with Gasteiger partial charge in [0, 0.05) is 25.2 Å². The van der Waals surface area contributed by atoms with E-state index in [1.165, 1.54) is 6.07 Å². The molecule has 0 spiro atoms. The topological polar surface area (TPSA) is 66.5 Å². The van der Waals surface area contributed by atoms with Crippen LogP contribution in [-0.2, 0) is 21.4 Å². The highest BCUT2D eigenvalue weighted by Crippen LogP contribution is 2.26. The summed E-state index contributed by atoms with van der Waals surface area (Å²) in [5.74, 6) is 0.132. The summed E-state index contributed by atoms with van der Waals surface area (Å²) < 4.78 is 27.4. The lowest BCUT2D eigenvalue weighted by Gasteiger charge is -2.16. The van der Waals surface area contributed by atoms with Gasteiger partial charge >= 0.3 is 0 Å². The highest BCUT2D eigenvalue weighted by Gasteiger charge is 2.21. The second-order valence-corrected chi connectivity index (χ2v) is 8.91. The van der Waals surface area contributed by atoms with E-state index in [1.54, 1.807) is 11.0 Å². The van der Waals surface area contributed by atoms with Crippen molar-refractivity contribution in [1.29, 1.82) is 0 Å². The Hall–Kier alpha value is -1.41. The molecule has 3 rings (SSSR count). The fourth-order valence-electron chi connectivity index (χ4n) is 2.41. The zero-order valence-corrected chi connectivity index (χ0v) is 14.5. The molecule has 1 aliphatic heterocycles. The minimum absolute atomic E-state index is 0.132. The molecule has 1 saturated heterocycles. The van der Waals surface area contributed by atoms with Crippen molar-refractivity contribution in [1.82, 2.24) is 4.72 Å². The first kappa shape index (κ1) is 16.4. The number of nitrogens with one attached hydrogen (secondary N) is 1. The van der Waals surface area contributed by atoms with Gasteiger partial charge in [0.2, 0.25) is 15.9 Å². The van der Waals surface area contributed by atoms with Gasteiger partial charge < -0.3 is 4.90 Å². The summed E-state index contributed by atoms with van der Waals surface area (Å²) in [6.45, 7) is 0.927. The molecule has 23 heavy (non-hydrogen) atoms. The van der Waals surface area contributed by atoms with E-state index in [0.29, 0.717) is 10.8 Å². The molecule has 0 saturated carbocycles. The van der Waals surface area contributed by atoms with Gasteiger partial charge in [-0.25, -0.2) is 13.1 Å². The highest BCUT2D eigenvalue weighted by atomic mass is 35.5. The first-order valence-corrected chi connectivity index (χ1v) is 9.78. The van der Waals surface area contributed by atoms with Gasteiger partial charge in [-0.05, 0) is 36.2 Å². The largest absolute Gasteiger partial charge is 0.312 e. The summed E-state index contributed by atoms with van der Waals surface area (Å²) in [5, 5.41) is 0. The molecule has 1 N–H and O–H groups in total. The Kier molecular flexibility index (Phi) is 4.72. The third-order valence-corrected chi connectivity index (χ3v) is 6.73. The van der Waals surface area contributed by atoms with Crippen molar-refractivity contribution < 1.29 is 13.2 Å². The normalized spacial score (nSPS) is 15.3. The van der Waals surface area contributed by atoms with Crippen LogP contribution in [0.3, 0.4) is 0 Å². The number of rotatable bonds is 5. The average molecular weight is 371 g/mol. The van der Waals surface area contributed by atoms with Gasteiger partial charge in [-0.2, -0.15) is 0 Å². The van der Waals surface area contributed by atoms with Crippen LogP contribution in [0.2, 0.25) is 4.34 Å². The van der Waals surface area contributed by atoms with Gasteiger partial charge in [0.05, 0.1) is 4.34 Å². The number of anilines is 1. The molecule has 0 bridgehead atoms. The molecule has 8 heteroatoms. The van der Waals surface area contributed by atoms with Crippen LogP contribution in [0.5, 0.6) is 0 Å². The van der Waals surface area contributed by atoms with E-state index in [-0.39, 0.29) is 16.7 Å². The molecule has 1 aromatic carbocycles. The molecule has 1 aromatic heterocycles. The van der Waals surface area contributed by atoms with Gasteiger partial charge in [0.25, 0.3) is 0 Å². The van der Waals surface area contributed by atoms with Gasteiger partial charge in [-0.3, -0.25) is 4.79 Å². The summed E-state index contributed by atoms with van der Waals surface area (Å²) >= 11 is 6.79. The van der Waals surface area contributed by atoms with E-state index in [1.807, 2.05) is 24.3 Å². The summed E-state index contributed by atoms with van der Waals surface area (Å²) in [5.41, 5.74) is 1.68. The molecule has 2 heterocycles. The number of amides is 1. The van der Waals surface area contributed by atoms with E-state index < -0.39 is 10.0 Å². The number of hydrogen-bond donors (Lipinski definition) is 1. The SMILES string of the molecule is O=C1CCCN1c1ccc(CNS(=O)(=O)c2ccc(Cl)s2)cc1. The summed E-state index contributed by atoms with van der Waals surface area (Å²) in [6.07, 6.45) is 1.47. The fourth-order valence-corrected chi connectivity index (χ4v) is 4.95. The summed E-state index contributed by atoms with van der Waals surface area (Å²) in [4.78, 5) is 13.5. The van der Waals surface area contributed by atoms with Gasteiger partial charge in [-0.1, -0.05) is 23.7 Å².